The molecule has 2 heterocycles. The minimum Gasteiger partial charge on any atom is -0.495 e. The maximum atomic E-state index is 13.5. The molecular weight excluding hydrogens is 472 g/mol. The largest absolute Gasteiger partial charge is 0.495 e. The molecule has 2 aromatic heterocycles. The van der Waals surface area contributed by atoms with Crippen molar-refractivity contribution in [2.75, 3.05) is 18.2 Å². The van der Waals surface area contributed by atoms with Crippen molar-refractivity contribution in [1.82, 2.24) is 14.1 Å². The van der Waals surface area contributed by atoms with Crippen molar-refractivity contribution in [2.45, 2.75) is 25.0 Å². The molecule has 9 heteroatoms. The topological polar surface area (TPSA) is 78.2 Å². The predicted octanol–water partition coefficient (Wildman–Crippen LogP) is 5.38. The molecule has 0 aliphatic carbocycles. The molecule has 0 fully saturated rings. The van der Waals surface area contributed by atoms with Crippen LogP contribution in [0.15, 0.2) is 64.7 Å². The molecule has 1 amide bonds. The summed E-state index contributed by atoms with van der Waals surface area (Å²) in [4.78, 5) is 31.0. The van der Waals surface area contributed by atoms with Crippen LogP contribution < -0.4 is 15.6 Å². The molecule has 7 nitrogen and oxygen atoms in total. The number of rotatable bonds is 7. The molecule has 0 saturated heterocycles. The summed E-state index contributed by atoms with van der Waals surface area (Å²) >= 11 is 7.38. The number of methoxy groups -OCH3 is 1. The fraction of sp³-hybridized carbons (Fsp3) is 0.240. The predicted molar refractivity (Wildman–Crippen MR) is 138 cm³/mol. The van der Waals surface area contributed by atoms with Crippen LogP contribution in [0.3, 0.4) is 0 Å². The third-order valence-corrected chi connectivity index (χ3v) is 6.61. The van der Waals surface area contributed by atoms with Crippen molar-refractivity contribution in [1.29, 1.82) is 0 Å². The SMILES string of the molecule is COc1ccc(NC(=O)CSc2nc3c(-c4ccccc4)cn(C)c3c(=O)n2C(C)C)cc1Cl. The number of thioether (sulfide) groups is 1. The van der Waals surface area contributed by atoms with E-state index in [2.05, 4.69) is 5.32 Å². The molecule has 0 bridgehead atoms. The van der Waals surface area contributed by atoms with Crippen LogP contribution in [0.4, 0.5) is 5.69 Å². The second-order valence-corrected chi connectivity index (χ2v) is 9.42. The number of amides is 1. The van der Waals surface area contributed by atoms with Gasteiger partial charge in [0, 0.05) is 30.5 Å². The molecule has 0 spiro atoms. The van der Waals surface area contributed by atoms with Crippen molar-refractivity contribution < 1.29 is 9.53 Å². The summed E-state index contributed by atoms with van der Waals surface area (Å²) in [6.07, 6.45) is 1.92. The van der Waals surface area contributed by atoms with Crippen molar-refractivity contribution in [3.05, 3.63) is 70.1 Å². The third-order valence-electron chi connectivity index (χ3n) is 5.36. The van der Waals surface area contributed by atoms with Gasteiger partial charge in [0.2, 0.25) is 5.91 Å². The molecule has 34 heavy (non-hydrogen) atoms. The van der Waals surface area contributed by atoms with Gasteiger partial charge in [-0.1, -0.05) is 53.7 Å². The molecule has 2 aromatic carbocycles. The first-order valence-corrected chi connectivity index (χ1v) is 12.1. The van der Waals surface area contributed by atoms with Crippen LogP contribution in [0.5, 0.6) is 5.75 Å². The minimum absolute atomic E-state index is 0.0851. The van der Waals surface area contributed by atoms with Crippen LogP contribution in [0.2, 0.25) is 5.02 Å². The first-order chi connectivity index (χ1) is 16.3. The van der Waals surface area contributed by atoms with Crippen molar-refractivity contribution in [3.63, 3.8) is 0 Å². The van der Waals surface area contributed by atoms with E-state index in [0.717, 1.165) is 11.1 Å². The highest BCUT2D eigenvalue weighted by atomic mass is 35.5. The third kappa shape index (κ3) is 4.69. The zero-order valence-electron chi connectivity index (χ0n) is 19.3. The van der Waals surface area contributed by atoms with E-state index in [0.29, 0.717) is 32.6 Å². The number of carbonyl (C=O) groups excluding carboxylic acids is 1. The number of anilines is 1. The van der Waals surface area contributed by atoms with E-state index >= 15 is 0 Å². The quantitative estimate of drug-likeness (QED) is 0.274. The Morgan fingerprint density at radius 3 is 2.59 bits per heavy atom. The Morgan fingerprint density at radius 2 is 1.94 bits per heavy atom. The lowest BCUT2D eigenvalue weighted by atomic mass is 10.1. The van der Waals surface area contributed by atoms with E-state index < -0.39 is 0 Å². The van der Waals surface area contributed by atoms with Gasteiger partial charge in [0.1, 0.15) is 16.8 Å². The van der Waals surface area contributed by atoms with Gasteiger partial charge in [-0.3, -0.25) is 14.2 Å². The fourth-order valence-corrected chi connectivity index (χ4v) is 4.97. The number of nitrogens with zero attached hydrogens (tertiary/aromatic N) is 3. The molecule has 4 aromatic rings. The van der Waals surface area contributed by atoms with Gasteiger partial charge < -0.3 is 14.6 Å². The van der Waals surface area contributed by atoms with Gasteiger partial charge in [-0.15, -0.1) is 0 Å². The zero-order valence-corrected chi connectivity index (χ0v) is 20.9. The molecule has 0 radical (unpaired) electrons. The van der Waals surface area contributed by atoms with Gasteiger partial charge in [-0.25, -0.2) is 4.98 Å². The van der Waals surface area contributed by atoms with Crippen LogP contribution in [-0.4, -0.2) is 32.9 Å². The number of ether oxygens (including phenoxy) is 1. The molecule has 4 rings (SSSR count). The number of hydrogen-bond donors (Lipinski definition) is 1. The number of aryl methyl sites for hydroxylation is 1. The Labute approximate surface area is 206 Å². The first kappa shape index (κ1) is 23.9. The number of halogens is 1. The number of benzene rings is 2. The highest BCUT2D eigenvalue weighted by molar-refractivity contribution is 7.99. The lowest BCUT2D eigenvalue weighted by Gasteiger charge is -2.16. The second kappa shape index (κ2) is 9.95. The molecule has 0 atom stereocenters. The maximum Gasteiger partial charge on any atom is 0.278 e. The number of nitrogens with one attached hydrogen (secondary N) is 1. The summed E-state index contributed by atoms with van der Waals surface area (Å²) in [5.41, 5.74) is 3.46. The Kier molecular flexibility index (Phi) is 7.00. The second-order valence-electron chi connectivity index (χ2n) is 8.07. The smallest absolute Gasteiger partial charge is 0.278 e. The van der Waals surface area contributed by atoms with Gasteiger partial charge in [-0.05, 0) is 37.6 Å². The van der Waals surface area contributed by atoms with Crippen LogP contribution in [0.25, 0.3) is 22.2 Å². The Hall–Kier alpha value is -3.23. The van der Waals surface area contributed by atoms with E-state index in [1.807, 2.05) is 62.0 Å². The normalized spacial score (nSPS) is 11.2. The Bertz CT molecular complexity index is 1410. The maximum absolute atomic E-state index is 13.5. The summed E-state index contributed by atoms with van der Waals surface area (Å²) in [7, 11) is 3.38. The summed E-state index contributed by atoms with van der Waals surface area (Å²) in [6.45, 7) is 3.86. The average molecular weight is 497 g/mol. The van der Waals surface area contributed by atoms with Gasteiger partial charge >= 0.3 is 0 Å². The van der Waals surface area contributed by atoms with Crippen molar-refractivity contribution in [3.8, 4) is 16.9 Å². The van der Waals surface area contributed by atoms with E-state index in [1.54, 1.807) is 22.8 Å². The van der Waals surface area contributed by atoms with Gasteiger partial charge in [-0.2, -0.15) is 0 Å². The van der Waals surface area contributed by atoms with E-state index in [4.69, 9.17) is 21.3 Å². The minimum atomic E-state index is -0.229. The van der Waals surface area contributed by atoms with Gasteiger partial charge in [0.15, 0.2) is 5.16 Å². The molecule has 0 aliphatic rings. The standard InChI is InChI=1S/C25H25ClN4O3S/c1-15(2)30-24(32)23-22(18(13-29(23)3)16-8-6-5-7-9-16)28-25(30)34-14-21(31)27-17-10-11-20(33-4)19(26)12-17/h5-13,15H,14H2,1-4H3,(H,27,31). The number of carbonyl (C=O) groups is 1. The summed E-state index contributed by atoms with van der Waals surface area (Å²) < 4.78 is 8.60. The highest BCUT2D eigenvalue weighted by Crippen LogP contribution is 2.30. The van der Waals surface area contributed by atoms with Crippen LogP contribution >= 0.6 is 23.4 Å². The van der Waals surface area contributed by atoms with Gasteiger partial charge in [0.25, 0.3) is 5.56 Å². The molecule has 0 aliphatic heterocycles. The average Bonchev–Trinajstić information content (AvgIpc) is 3.14. The van der Waals surface area contributed by atoms with E-state index in [9.17, 15) is 9.59 Å². The van der Waals surface area contributed by atoms with Crippen molar-refractivity contribution in [2.24, 2.45) is 7.05 Å². The summed E-state index contributed by atoms with van der Waals surface area (Å²) in [5.74, 6) is 0.388. The summed E-state index contributed by atoms with van der Waals surface area (Å²) in [6, 6.07) is 14.8. The Morgan fingerprint density at radius 1 is 1.21 bits per heavy atom. The molecule has 176 valence electrons. The van der Waals surface area contributed by atoms with E-state index in [-0.39, 0.29) is 23.3 Å². The number of aromatic nitrogens is 3. The molecule has 0 saturated carbocycles. The fourth-order valence-electron chi connectivity index (χ4n) is 3.79. The molecular formula is C25H25ClN4O3S. The first-order valence-electron chi connectivity index (χ1n) is 10.7. The van der Waals surface area contributed by atoms with Crippen molar-refractivity contribution >= 4 is 46.0 Å². The molecule has 0 unspecified atom stereocenters. The van der Waals surface area contributed by atoms with Gasteiger partial charge in [0.05, 0.1) is 17.9 Å². The monoisotopic (exact) mass is 496 g/mol. The van der Waals surface area contributed by atoms with Crippen LogP contribution in [0.1, 0.15) is 19.9 Å². The lowest BCUT2D eigenvalue weighted by Crippen LogP contribution is -2.26. The number of fused-ring (bicyclic) bond motifs is 1. The van der Waals surface area contributed by atoms with Crippen LogP contribution in [0, 0.1) is 0 Å². The number of hydrogen-bond acceptors (Lipinski definition) is 5. The summed E-state index contributed by atoms with van der Waals surface area (Å²) in [5, 5.41) is 3.73. The Balaban J connectivity index is 1.66. The highest BCUT2D eigenvalue weighted by Gasteiger charge is 2.20. The zero-order chi connectivity index (χ0) is 24.4. The molecule has 1 N–H and O–H groups in total. The van der Waals surface area contributed by atoms with Crippen LogP contribution in [-0.2, 0) is 11.8 Å². The lowest BCUT2D eigenvalue weighted by molar-refractivity contribution is -0.113. The van der Waals surface area contributed by atoms with E-state index in [1.165, 1.54) is 18.9 Å².